The van der Waals surface area contributed by atoms with Gasteiger partial charge in [-0.3, -0.25) is 29.4 Å². The van der Waals surface area contributed by atoms with Crippen LogP contribution in [0.5, 0.6) is 0 Å². The predicted molar refractivity (Wildman–Crippen MR) is 85.8 cm³/mol. The average molecular weight is 344 g/mol. The molecular weight excluding hydrogens is 328 g/mol. The van der Waals surface area contributed by atoms with Crippen LogP contribution in [-0.4, -0.2) is 47.1 Å². The molecule has 0 saturated carbocycles. The third-order valence-electron chi connectivity index (χ3n) is 3.97. The molecule has 25 heavy (non-hydrogen) atoms. The molecule has 9 nitrogen and oxygen atoms in total. The molecular formula is C16H16N4O5. The highest BCUT2D eigenvalue weighted by Gasteiger charge is 2.46. The number of anilines is 1. The first-order valence-corrected chi connectivity index (χ1v) is 7.83. The van der Waals surface area contributed by atoms with Gasteiger partial charge in [-0.2, -0.15) is 0 Å². The smallest absolute Gasteiger partial charge is 0.319 e. The summed E-state index contributed by atoms with van der Waals surface area (Å²) in [5.74, 6) is -2.48. The molecule has 130 valence electrons. The summed E-state index contributed by atoms with van der Waals surface area (Å²) in [5.41, 5.74) is 0.574. The van der Waals surface area contributed by atoms with Crippen molar-refractivity contribution in [3.8, 4) is 0 Å². The number of nitrogens with zero attached hydrogens (tertiary/aromatic N) is 1. The maximum Gasteiger partial charge on any atom is 0.319 e. The second-order valence-electron chi connectivity index (χ2n) is 5.75. The normalized spacial score (nSPS) is 19.1. The molecule has 3 N–H and O–H groups in total. The molecule has 2 aliphatic heterocycles. The van der Waals surface area contributed by atoms with Crippen molar-refractivity contribution >= 4 is 35.3 Å². The maximum absolute atomic E-state index is 12.5. The molecule has 0 aliphatic carbocycles. The molecule has 0 radical (unpaired) electrons. The summed E-state index contributed by atoms with van der Waals surface area (Å²) in [7, 11) is 0. The Bertz CT molecular complexity index is 804. The van der Waals surface area contributed by atoms with E-state index in [-0.39, 0.29) is 17.5 Å². The third kappa shape index (κ3) is 2.95. The van der Waals surface area contributed by atoms with Crippen LogP contribution >= 0.6 is 0 Å². The van der Waals surface area contributed by atoms with E-state index in [2.05, 4.69) is 16.0 Å². The van der Waals surface area contributed by atoms with Crippen LogP contribution in [0.1, 0.15) is 40.5 Å². The first-order chi connectivity index (χ1) is 11.9. The standard InChI is InChI=1S/C16H16N4O5/c1-2-5-17-16(25)18-8-3-4-9-10(6-8)15(24)20(14(9)23)11-7-12(21)19-13(11)22/h3-4,6,11H,2,5,7H2,1H3,(H2,17,18,25)(H,19,21,22). The monoisotopic (exact) mass is 344 g/mol. The van der Waals surface area contributed by atoms with Crippen LogP contribution < -0.4 is 16.0 Å². The molecule has 1 unspecified atom stereocenters. The zero-order valence-corrected chi connectivity index (χ0v) is 13.4. The fourth-order valence-electron chi connectivity index (χ4n) is 2.78. The number of rotatable bonds is 4. The van der Waals surface area contributed by atoms with E-state index in [1.165, 1.54) is 18.2 Å². The van der Waals surface area contributed by atoms with E-state index in [1.807, 2.05) is 6.92 Å². The molecule has 1 saturated heterocycles. The quantitative estimate of drug-likeness (QED) is 0.674. The zero-order valence-electron chi connectivity index (χ0n) is 13.4. The Morgan fingerprint density at radius 3 is 2.56 bits per heavy atom. The highest BCUT2D eigenvalue weighted by Crippen LogP contribution is 2.29. The van der Waals surface area contributed by atoms with Crippen molar-refractivity contribution in [2.24, 2.45) is 0 Å². The maximum atomic E-state index is 12.5. The second kappa shape index (κ2) is 6.34. The Balaban J connectivity index is 1.82. The highest BCUT2D eigenvalue weighted by atomic mass is 16.2. The molecule has 1 fully saturated rings. The summed E-state index contributed by atoms with van der Waals surface area (Å²) >= 11 is 0. The Morgan fingerprint density at radius 2 is 1.92 bits per heavy atom. The number of fused-ring (bicyclic) bond motifs is 1. The molecule has 0 bridgehead atoms. The fourth-order valence-corrected chi connectivity index (χ4v) is 2.78. The summed E-state index contributed by atoms with van der Waals surface area (Å²) in [6.45, 7) is 2.42. The Labute approximate surface area is 142 Å². The number of hydrogen-bond acceptors (Lipinski definition) is 5. The molecule has 9 heteroatoms. The van der Waals surface area contributed by atoms with E-state index >= 15 is 0 Å². The topological polar surface area (TPSA) is 125 Å². The Morgan fingerprint density at radius 1 is 1.20 bits per heavy atom. The number of carbonyl (C=O) groups is 5. The molecule has 6 amide bonds. The first kappa shape index (κ1) is 16.6. The number of nitrogens with one attached hydrogen (secondary N) is 3. The Kier molecular flexibility index (Phi) is 4.22. The summed E-state index contributed by atoms with van der Waals surface area (Å²) < 4.78 is 0. The lowest BCUT2D eigenvalue weighted by atomic mass is 10.1. The van der Waals surface area contributed by atoms with Crippen molar-refractivity contribution in [3.05, 3.63) is 29.3 Å². The van der Waals surface area contributed by atoms with E-state index in [4.69, 9.17) is 0 Å². The highest BCUT2D eigenvalue weighted by molar-refractivity contribution is 6.24. The SMILES string of the molecule is CCCNC(=O)Nc1ccc2c(c1)C(=O)N(C1CC(=O)NC1=O)C2=O. The van der Waals surface area contributed by atoms with Gasteiger partial charge in [0.15, 0.2) is 0 Å². The molecule has 0 aromatic heterocycles. The minimum Gasteiger partial charge on any atom is -0.338 e. The number of benzene rings is 1. The van der Waals surface area contributed by atoms with Gasteiger partial charge in [-0.1, -0.05) is 6.92 Å². The van der Waals surface area contributed by atoms with Crippen molar-refractivity contribution in [2.45, 2.75) is 25.8 Å². The largest absolute Gasteiger partial charge is 0.338 e. The van der Waals surface area contributed by atoms with E-state index in [9.17, 15) is 24.0 Å². The summed E-state index contributed by atoms with van der Waals surface area (Å²) in [5, 5.41) is 7.29. The minimum absolute atomic E-state index is 0.0884. The minimum atomic E-state index is -1.14. The van der Waals surface area contributed by atoms with Crippen molar-refractivity contribution in [1.29, 1.82) is 0 Å². The summed E-state index contributed by atoms with van der Waals surface area (Å²) in [4.78, 5) is 60.6. The number of urea groups is 1. The van der Waals surface area contributed by atoms with Gasteiger partial charge in [0.1, 0.15) is 6.04 Å². The fraction of sp³-hybridized carbons (Fsp3) is 0.312. The Hall–Kier alpha value is -3.23. The average Bonchev–Trinajstić information content (AvgIpc) is 3.02. The van der Waals surface area contributed by atoms with Gasteiger partial charge in [-0.15, -0.1) is 0 Å². The molecule has 1 aromatic carbocycles. The van der Waals surface area contributed by atoms with Crippen LogP contribution in [0.4, 0.5) is 10.5 Å². The van der Waals surface area contributed by atoms with E-state index in [1.54, 1.807) is 0 Å². The first-order valence-electron chi connectivity index (χ1n) is 7.83. The molecule has 2 aliphatic rings. The van der Waals surface area contributed by atoms with E-state index < -0.39 is 35.7 Å². The van der Waals surface area contributed by atoms with Gasteiger partial charge in [0, 0.05) is 12.2 Å². The number of carbonyl (C=O) groups excluding carboxylic acids is 5. The second-order valence-corrected chi connectivity index (χ2v) is 5.75. The lowest BCUT2D eigenvalue weighted by Crippen LogP contribution is -2.44. The summed E-state index contributed by atoms with van der Waals surface area (Å²) in [6.07, 6.45) is 0.538. The van der Waals surface area contributed by atoms with Crippen molar-refractivity contribution in [1.82, 2.24) is 15.5 Å². The number of imide groups is 2. The van der Waals surface area contributed by atoms with Gasteiger partial charge in [0.05, 0.1) is 17.5 Å². The van der Waals surface area contributed by atoms with Gasteiger partial charge in [-0.05, 0) is 24.6 Å². The van der Waals surface area contributed by atoms with Gasteiger partial charge in [0.2, 0.25) is 11.8 Å². The van der Waals surface area contributed by atoms with Crippen molar-refractivity contribution in [3.63, 3.8) is 0 Å². The van der Waals surface area contributed by atoms with E-state index in [0.29, 0.717) is 12.2 Å². The van der Waals surface area contributed by atoms with Crippen LogP contribution in [0.2, 0.25) is 0 Å². The van der Waals surface area contributed by atoms with Crippen molar-refractivity contribution < 1.29 is 24.0 Å². The van der Waals surface area contributed by atoms with Gasteiger partial charge >= 0.3 is 6.03 Å². The zero-order chi connectivity index (χ0) is 18.1. The molecule has 1 aromatic rings. The van der Waals surface area contributed by atoms with Gasteiger partial charge in [0.25, 0.3) is 11.8 Å². The third-order valence-corrected chi connectivity index (χ3v) is 3.97. The van der Waals surface area contributed by atoms with Crippen molar-refractivity contribution in [2.75, 3.05) is 11.9 Å². The van der Waals surface area contributed by atoms with E-state index in [0.717, 1.165) is 11.3 Å². The lowest BCUT2D eigenvalue weighted by Gasteiger charge is -2.18. The molecule has 2 heterocycles. The number of hydrogen-bond donors (Lipinski definition) is 3. The molecule has 3 rings (SSSR count). The van der Waals surface area contributed by atoms with Crippen LogP contribution in [0, 0.1) is 0 Å². The van der Waals surface area contributed by atoms with Gasteiger partial charge < -0.3 is 10.6 Å². The van der Waals surface area contributed by atoms with Crippen LogP contribution in [0.15, 0.2) is 18.2 Å². The summed E-state index contributed by atoms with van der Waals surface area (Å²) in [6, 6.07) is 2.74. The van der Waals surface area contributed by atoms with Crippen LogP contribution in [-0.2, 0) is 9.59 Å². The molecule has 1 atom stereocenters. The number of amides is 6. The molecule has 0 spiro atoms. The van der Waals surface area contributed by atoms with Crippen LogP contribution in [0.3, 0.4) is 0 Å². The van der Waals surface area contributed by atoms with Gasteiger partial charge in [-0.25, -0.2) is 4.79 Å². The lowest BCUT2D eigenvalue weighted by molar-refractivity contribution is -0.125. The van der Waals surface area contributed by atoms with Crippen LogP contribution in [0.25, 0.3) is 0 Å². The predicted octanol–water partition coefficient (Wildman–Crippen LogP) is 0.229.